The third-order valence-electron chi connectivity index (χ3n) is 11.0. The molecule has 0 bridgehead atoms. The van der Waals surface area contributed by atoms with Crippen molar-refractivity contribution in [3.05, 3.63) is 24.3 Å². The summed E-state index contributed by atoms with van der Waals surface area (Å²) in [4.78, 5) is 25.4. The Kier molecular flexibility index (Phi) is 30.2. The third-order valence-corrected chi connectivity index (χ3v) is 11.0. The molecule has 2 aliphatic heterocycles. The lowest BCUT2D eigenvalue weighted by Crippen LogP contribution is -2.61. The molecular formula is C45H80O15. The van der Waals surface area contributed by atoms with Gasteiger partial charge in [0.1, 0.15) is 55.4 Å². The van der Waals surface area contributed by atoms with Crippen LogP contribution in [0.25, 0.3) is 0 Å². The molecular weight excluding hydrogens is 780 g/mol. The standard InChI is InChI=1S/C45H80O15/c1-3-5-7-9-11-13-14-15-16-17-18-20-22-24-26-28-37(48)58-33(30-55-36(47)27-25-23-21-19-12-10-8-6-4-2)31-56-44-43(54)41(52)39(50)35(60-44)32-57-45-42(53)40(51)38(49)34(29-46)59-45/h22,24,26,28,33-35,38-46,49-54H,3-21,23,25,27,29-32H2,1-2H3/b24-22+,28-26+/t33-,34-,35-,38+,39+,40?,41?,42?,43?,44-,45-/m1/s1. The lowest BCUT2D eigenvalue weighted by atomic mass is 9.98. The first kappa shape index (κ1) is 54.1. The molecule has 0 aromatic rings. The maximum atomic E-state index is 12.8. The van der Waals surface area contributed by atoms with E-state index in [1.54, 1.807) is 12.2 Å². The Balaban J connectivity index is 1.89. The van der Waals surface area contributed by atoms with E-state index in [1.165, 1.54) is 96.0 Å². The molecule has 0 aromatic carbocycles. The highest BCUT2D eigenvalue weighted by molar-refractivity contribution is 5.82. The van der Waals surface area contributed by atoms with Gasteiger partial charge in [-0.25, -0.2) is 4.79 Å². The van der Waals surface area contributed by atoms with Crippen molar-refractivity contribution in [2.45, 2.75) is 223 Å². The van der Waals surface area contributed by atoms with Crippen LogP contribution in [0.2, 0.25) is 0 Å². The molecule has 2 heterocycles. The van der Waals surface area contributed by atoms with Crippen LogP contribution in [0.15, 0.2) is 24.3 Å². The van der Waals surface area contributed by atoms with Crippen LogP contribution in [0, 0.1) is 0 Å². The number of esters is 2. The minimum Gasteiger partial charge on any atom is -0.462 e. The van der Waals surface area contributed by atoms with Crippen molar-refractivity contribution in [3.63, 3.8) is 0 Å². The predicted molar refractivity (Wildman–Crippen MR) is 224 cm³/mol. The summed E-state index contributed by atoms with van der Waals surface area (Å²) in [6.07, 6.45) is 14.4. The Morgan fingerprint density at radius 1 is 0.567 bits per heavy atom. The molecule has 60 heavy (non-hydrogen) atoms. The van der Waals surface area contributed by atoms with Gasteiger partial charge < -0.3 is 64.2 Å². The summed E-state index contributed by atoms with van der Waals surface area (Å²) in [6, 6.07) is 0. The number of hydrogen-bond acceptors (Lipinski definition) is 15. The lowest BCUT2D eigenvalue weighted by molar-refractivity contribution is -0.332. The highest BCUT2D eigenvalue weighted by atomic mass is 16.7. The Bertz CT molecular complexity index is 1150. The van der Waals surface area contributed by atoms with E-state index < -0.39 is 99.3 Å². The molecule has 15 heteroatoms. The molecule has 0 aliphatic carbocycles. The van der Waals surface area contributed by atoms with Gasteiger partial charge in [-0.1, -0.05) is 148 Å². The van der Waals surface area contributed by atoms with Crippen molar-refractivity contribution in [2.24, 2.45) is 0 Å². The van der Waals surface area contributed by atoms with Crippen molar-refractivity contribution in [1.29, 1.82) is 0 Å². The van der Waals surface area contributed by atoms with Crippen LogP contribution in [0.1, 0.15) is 155 Å². The minimum atomic E-state index is -1.78. The number of aliphatic hydroxyl groups is 7. The second-order valence-electron chi connectivity index (χ2n) is 16.3. The number of aliphatic hydroxyl groups excluding tert-OH is 7. The van der Waals surface area contributed by atoms with Gasteiger partial charge in [0.15, 0.2) is 18.7 Å². The van der Waals surface area contributed by atoms with Crippen LogP contribution in [-0.4, -0.2) is 142 Å². The monoisotopic (exact) mass is 861 g/mol. The van der Waals surface area contributed by atoms with Gasteiger partial charge in [-0.3, -0.25) is 4.79 Å². The van der Waals surface area contributed by atoms with Gasteiger partial charge in [0.2, 0.25) is 0 Å². The second-order valence-corrected chi connectivity index (χ2v) is 16.3. The zero-order chi connectivity index (χ0) is 44.0. The number of hydrogen-bond donors (Lipinski definition) is 7. The van der Waals surface area contributed by atoms with Gasteiger partial charge in [-0.2, -0.15) is 0 Å². The van der Waals surface area contributed by atoms with E-state index in [1.807, 2.05) is 6.08 Å². The van der Waals surface area contributed by atoms with E-state index in [0.717, 1.165) is 38.5 Å². The van der Waals surface area contributed by atoms with Crippen LogP contribution in [0.4, 0.5) is 0 Å². The molecule has 0 saturated carbocycles. The van der Waals surface area contributed by atoms with Crippen LogP contribution in [0.5, 0.6) is 0 Å². The molecule has 0 amide bonds. The van der Waals surface area contributed by atoms with Crippen molar-refractivity contribution >= 4 is 11.9 Å². The predicted octanol–water partition coefficient (Wildman–Crippen LogP) is 4.82. The first-order valence-electron chi connectivity index (χ1n) is 23.0. The first-order chi connectivity index (χ1) is 29.0. The smallest absolute Gasteiger partial charge is 0.331 e. The van der Waals surface area contributed by atoms with Gasteiger partial charge in [-0.05, 0) is 19.3 Å². The summed E-state index contributed by atoms with van der Waals surface area (Å²) in [5, 5.41) is 71.7. The molecule has 0 radical (unpaired) electrons. The van der Waals surface area contributed by atoms with E-state index in [-0.39, 0.29) is 13.0 Å². The SMILES string of the molecule is CCCCCCCCCCCCC/C=C/C=C/C(=O)O[C@H](COC(=O)CCCCCCCCCCC)CO[C@@H]1O[C@H](CO[C@@H]2O[C@H](CO)[C@H](O)C(O)C2O)[C@H](O)C(O)C1O. The molecule has 0 spiro atoms. The molecule has 2 aliphatic rings. The van der Waals surface area contributed by atoms with Gasteiger partial charge >= 0.3 is 11.9 Å². The summed E-state index contributed by atoms with van der Waals surface area (Å²) < 4.78 is 33.2. The van der Waals surface area contributed by atoms with Crippen molar-refractivity contribution in [1.82, 2.24) is 0 Å². The number of carbonyl (C=O) groups excluding carboxylic acids is 2. The molecule has 2 rings (SSSR count). The van der Waals surface area contributed by atoms with Crippen LogP contribution >= 0.6 is 0 Å². The van der Waals surface area contributed by atoms with E-state index in [4.69, 9.17) is 28.4 Å². The molecule has 15 nitrogen and oxygen atoms in total. The zero-order valence-electron chi connectivity index (χ0n) is 36.4. The van der Waals surface area contributed by atoms with Gasteiger partial charge in [0, 0.05) is 12.5 Å². The first-order valence-corrected chi connectivity index (χ1v) is 23.0. The topological polar surface area (TPSA) is 231 Å². The largest absolute Gasteiger partial charge is 0.462 e. The number of unbranched alkanes of at least 4 members (excludes halogenated alkanes) is 19. The van der Waals surface area contributed by atoms with Crippen molar-refractivity contribution < 1.29 is 73.8 Å². The summed E-state index contributed by atoms with van der Waals surface area (Å²) in [5.41, 5.74) is 0. The van der Waals surface area contributed by atoms with E-state index in [9.17, 15) is 45.3 Å². The maximum Gasteiger partial charge on any atom is 0.331 e. The Labute approximate surface area is 358 Å². The number of allylic oxidation sites excluding steroid dienone is 3. The Morgan fingerprint density at radius 3 is 1.60 bits per heavy atom. The second kappa shape index (κ2) is 33.5. The molecule has 11 atom stereocenters. The average molecular weight is 861 g/mol. The van der Waals surface area contributed by atoms with E-state index in [2.05, 4.69) is 13.8 Å². The Morgan fingerprint density at radius 2 is 1.05 bits per heavy atom. The van der Waals surface area contributed by atoms with Crippen molar-refractivity contribution in [2.75, 3.05) is 26.4 Å². The van der Waals surface area contributed by atoms with Crippen molar-refractivity contribution in [3.8, 4) is 0 Å². The molecule has 4 unspecified atom stereocenters. The highest BCUT2D eigenvalue weighted by Gasteiger charge is 2.47. The van der Waals surface area contributed by atoms with Crippen LogP contribution < -0.4 is 0 Å². The van der Waals surface area contributed by atoms with Crippen LogP contribution in [0.3, 0.4) is 0 Å². The van der Waals surface area contributed by atoms with E-state index in [0.29, 0.717) is 6.42 Å². The Hall–Kier alpha value is -2.02. The quantitative estimate of drug-likeness (QED) is 0.0199. The number of rotatable bonds is 34. The van der Waals surface area contributed by atoms with Gasteiger partial charge in [-0.15, -0.1) is 0 Å². The lowest BCUT2D eigenvalue weighted by Gasteiger charge is -2.42. The molecule has 2 saturated heterocycles. The molecule has 0 aromatic heterocycles. The molecule has 2 fully saturated rings. The highest BCUT2D eigenvalue weighted by Crippen LogP contribution is 2.26. The summed E-state index contributed by atoms with van der Waals surface area (Å²) >= 11 is 0. The number of ether oxygens (including phenoxy) is 6. The molecule has 7 N–H and O–H groups in total. The van der Waals surface area contributed by atoms with E-state index >= 15 is 0 Å². The molecule has 350 valence electrons. The maximum absolute atomic E-state index is 12.8. The minimum absolute atomic E-state index is 0.200. The van der Waals surface area contributed by atoms with Gasteiger partial charge in [0.05, 0.1) is 19.8 Å². The normalized spacial score (nSPS) is 27.8. The fraction of sp³-hybridized carbons (Fsp3) is 0.867. The van der Waals surface area contributed by atoms with Gasteiger partial charge in [0.25, 0.3) is 0 Å². The summed E-state index contributed by atoms with van der Waals surface area (Å²) in [7, 11) is 0. The number of carbonyl (C=O) groups is 2. The summed E-state index contributed by atoms with van der Waals surface area (Å²) in [5.74, 6) is -1.18. The zero-order valence-corrected chi connectivity index (χ0v) is 36.4. The average Bonchev–Trinajstić information content (AvgIpc) is 3.24. The fourth-order valence-corrected chi connectivity index (χ4v) is 7.18. The fourth-order valence-electron chi connectivity index (χ4n) is 7.18. The third kappa shape index (κ3) is 22.4. The van der Waals surface area contributed by atoms with Crippen LogP contribution in [-0.2, 0) is 38.0 Å². The summed E-state index contributed by atoms with van der Waals surface area (Å²) in [6.45, 7) is 2.43.